The lowest BCUT2D eigenvalue weighted by atomic mass is 9.78. The summed E-state index contributed by atoms with van der Waals surface area (Å²) in [6.07, 6.45) is -2.60. The zero-order chi connectivity index (χ0) is 12.9. The van der Waals surface area contributed by atoms with E-state index >= 15 is 0 Å². The molecule has 0 aromatic heterocycles. The molecule has 0 bridgehead atoms. The third-order valence-electron chi connectivity index (χ3n) is 3.03. The van der Waals surface area contributed by atoms with Crippen molar-refractivity contribution in [3.8, 4) is 0 Å². The van der Waals surface area contributed by atoms with E-state index in [0.717, 1.165) is 12.8 Å². The van der Waals surface area contributed by atoms with Gasteiger partial charge in [-0.25, -0.2) is 0 Å². The first kappa shape index (κ1) is 14.5. The van der Waals surface area contributed by atoms with E-state index in [0.29, 0.717) is 18.9 Å². The molecule has 1 aliphatic carbocycles. The van der Waals surface area contributed by atoms with Crippen molar-refractivity contribution < 1.29 is 22.7 Å². The van der Waals surface area contributed by atoms with Crippen LogP contribution in [0.5, 0.6) is 0 Å². The Balaban J connectivity index is 2.03. The molecule has 0 N–H and O–H groups in total. The summed E-state index contributed by atoms with van der Waals surface area (Å²) < 4.78 is 40.9. The molecule has 0 spiro atoms. The summed E-state index contributed by atoms with van der Waals surface area (Å²) in [5.74, 6) is 0.277. The SMILES string of the molecule is CCOC1CC(CC(=O)CCCC(F)(F)F)C1. The molecule has 100 valence electrons. The summed E-state index contributed by atoms with van der Waals surface area (Å²) in [5, 5.41) is 0. The minimum atomic E-state index is -4.14. The summed E-state index contributed by atoms with van der Waals surface area (Å²) in [7, 11) is 0. The fourth-order valence-electron chi connectivity index (χ4n) is 2.12. The number of carbonyl (C=O) groups is 1. The van der Waals surface area contributed by atoms with Crippen LogP contribution in [0.2, 0.25) is 0 Å². The van der Waals surface area contributed by atoms with Gasteiger partial charge < -0.3 is 4.74 Å². The molecule has 2 nitrogen and oxygen atoms in total. The van der Waals surface area contributed by atoms with Crippen molar-refractivity contribution >= 4 is 5.78 Å². The van der Waals surface area contributed by atoms with E-state index in [2.05, 4.69) is 0 Å². The van der Waals surface area contributed by atoms with Gasteiger partial charge >= 0.3 is 6.18 Å². The zero-order valence-corrected chi connectivity index (χ0v) is 10.1. The molecule has 0 radical (unpaired) electrons. The number of ether oxygens (including phenoxy) is 1. The smallest absolute Gasteiger partial charge is 0.378 e. The molecule has 5 heteroatoms. The van der Waals surface area contributed by atoms with Gasteiger partial charge in [-0.3, -0.25) is 4.79 Å². The minimum Gasteiger partial charge on any atom is -0.378 e. The first-order chi connectivity index (χ1) is 7.90. The Bertz CT molecular complexity index is 245. The Morgan fingerprint density at radius 2 is 2.00 bits per heavy atom. The topological polar surface area (TPSA) is 26.3 Å². The van der Waals surface area contributed by atoms with Gasteiger partial charge in [0.05, 0.1) is 6.10 Å². The van der Waals surface area contributed by atoms with Crippen LogP contribution in [0.15, 0.2) is 0 Å². The maximum Gasteiger partial charge on any atom is 0.389 e. The molecule has 0 aromatic rings. The van der Waals surface area contributed by atoms with E-state index in [9.17, 15) is 18.0 Å². The Labute approximate surface area is 99.5 Å². The highest BCUT2D eigenvalue weighted by molar-refractivity contribution is 5.78. The van der Waals surface area contributed by atoms with Gasteiger partial charge in [0.15, 0.2) is 0 Å². The van der Waals surface area contributed by atoms with Crippen molar-refractivity contribution in [2.75, 3.05) is 6.61 Å². The number of alkyl halides is 3. The molecule has 0 aromatic carbocycles. The maximum atomic E-state index is 11.9. The van der Waals surface area contributed by atoms with Crippen molar-refractivity contribution in [1.82, 2.24) is 0 Å². The third-order valence-corrected chi connectivity index (χ3v) is 3.03. The van der Waals surface area contributed by atoms with E-state index < -0.39 is 12.6 Å². The zero-order valence-electron chi connectivity index (χ0n) is 10.1. The van der Waals surface area contributed by atoms with E-state index in [1.54, 1.807) is 0 Å². The first-order valence-corrected chi connectivity index (χ1v) is 6.10. The predicted molar refractivity (Wildman–Crippen MR) is 57.7 cm³/mol. The monoisotopic (exact) mass is 252 g/mol. The first-order valence-electron chi connectivity index (χ1n) is 6.10. The number of Topliss-reactive ketones (excluding diaryl/α,β-unsaturated/α-hetero) is 1. The number of halogens is 3. The highest BCUT2D eigenvalue weighted by Gasteiger charge is 2.31. The van der Waals surface area contributed by atoms with Crippen LogP contribution in [0.3, 0.4) is 0 Å². The van der Waals surface area contributed by atoms with Crippen molar-refractivity contribution in [1.29, 1.82) is 0 Å². The van der Waals surface area contributed by atoms with Gasteiger partial charge in [-0.05, 0) is 32.1 Å². The standard InChI is InChI=1S/C12H19F3O2/c1-2-17-11-7-9(8-11)6-10(16)4-3-5-12(13,14)15/h9,11H,2-8H2,1H3. The van der Waals surface area contributed by atoms with Gasteiger partial charge in [-0.2, -0.15) is 13.2 Å². The predicted octanol–water partition coefficient (Wildman–Crippen LogP) is 3.49. The van der Waals surface area contributed by atoms with Crippen LogP contribution in [0.1, 0.15) is 45.4 Å². The van der Waals surface area contributed by atoms with Gasteiger partial charge in [0, 0.05) is 25.9 Å². The Hall–Kier alpha value is -0.580. The van der Waals surface area contributed by atoms with Crippen LogP contribution in [-0.4, -0.2) is 24.7 Å². The molecule has 0 unspecified atom stereocenters. The molecule has 0 amide bonds. The Morgan fingerprint density at radius 3 is 2.53 bits per heavy atom. The average Bonchev–Trinajstić information content (AvgIpc) is 2.12. The third kappa shape index (κ3) is 6.05. The molecule has 0 atom stereocenters. The number of hydrogen-bond donors (Lipinski definition) is 0. The highest BCUT2D eigenvalue weighted by atomic mass is 19.4. The largest absolute Gasteiger partial charge is 0.389 e. The minimum absolute atomic E-state index is 0.0470. The number of carbonyl (C=O) groups excluding carboxylic acids is 1. The van der Waals surface area contributed by atoms with Crippen LogP contribution in [-0.2, 0) is 9.53 Å². The normalized spacial score (nSPS) is 24.5. The lowest BCUT2D eigenvalue weighted by Crippen LogP contribution is -2.32. The molecule has 1 rings (SSSR count). The van der Waals surface area contributed by atoms with Crippen molar-refractivity contribution in [2.24, 2.45) is 5.92 Å². The van der Waals surface area contributed by atoms with Crippen LogP contribution in [0.25, 0.3) is 0 Å². The Morgan fingerprint density at radius 1 is 1.35 bits per heavy atom. The molecule has 1 saturated carbocycles. The van der Waals surface area contributed by atoms with Gasteiger partial charge in [0.2, 0.25) is 0 Å². The van der Waals surface area contributed by atoms with Crippen LogP contribution < -0.4 is 0 Å². The van der Waals surface area contributed by atoms with E-state index in [4.69, 9.17) is 4.74 Å². The maximum absolute atomic E-state index is 11.9. The summed E-state index contributed by atoms with van der Waals surface area (Å²) in [6.45, 7) is 2.60. The second-order valence-electron chi connectivity index (χ2n) is 4.63. The fourth-order valence-corrected chi connectivity index (χ4v) is 2.12. The summed E-state index contributed by atoms with van der Waals surface area (Å²) in [6, 6.07) is 0. The molecule has 0 aliphatic heterocycles. The van der Waals surface area contributed by atoms with Crippen LogP contribution >= 0.6 is 0 Å². The average molecular weight is 252 g/mol. The number of ketones is 1. The highest BCUT2D eigenvalue weighted by Crippen LogP contribution is 2.33. The summed E-state index contributed by atoms with van der Waals surface area (Å²) >= 11 is 0. The van der Waals surface area contributed by atoms with Crippen LogP contribution in [0.4, 0.5) is 13.2 Å². The van der Waals surface area contributed by atoms with Gasteiger partial charge in [-0.15, -0.1) is 0 Å². The molecular formula is C12H19F3O2. The van der Waals surface area contributed by atoms with Gasteiger partial charge in [0.25, 0.3) is 0 Å². The summed E-state index contributed by atoms with van der Waals surface area (Å²) in [5.41, 5.74) is 0. The Kier molecular flexibility index (Phi) is 5.43. The number of hydrogen-bond acceptors (Lipinski definition) is 2. The quantitative estimate of drug-likeness (QED) is 0.693. The second-order valence-corrected chi connectivity index (χ2v) is 4.63. The lowest BCUT2D eigenvalue weighted by molar-refractivity contribution is -0.137. The van der Waals surface area contributed by atoms with Crippen LogP contribution in [0, 0.1) is 5.92 Å². The molecular weight excluding hydrogens is 233 g/mol. The summed E-state index contributed by atoms with van der Waals surface area (Å²) in [4.78, 5) is 11.4. The lowest BCUT2D eigenvalue weighted by Gasteiger charge is -2.34. The van der Waals surface area contributed by atoms with Gasteiger partial charge in [-0.1, -0.05) is 0 Å². The number of rotatable bonds is 7. The molecule has 1 aliphatic rings. The molecule has 17 heavy (non-hydrogen) atoms. The van der Waals surface area contributed by atoms with E-state index in [1.807, 2.05) is 6.92 Å². The van der Waals surface area contributed by atoms with E-state index in [1.165, 1.54) is 0 Å². The van der Waals surface area contributed by atoms with E-state index in [-0.39, 0.29) is 24.7 Å². The second kappa shape index (κ2) is 6.38. The van der Waals surface area contributed by atoms with Crippen molar-refractivity contribution in [3.05, 3.63) is 0 Å². The van der Waals surface area contributed by atoms with Crippen molar-refractivity contribution in [2.45, 2.75) is 57.7 Å². The fraction of sp³-hybridized carbons (Fsp3) is 0.917. The molecule has 0 saturated heterocycles. The van der Waals surface area contributed by atoms with Crippen molar-refractivity contribution in [3.63, 3.8) is 0 Å². The van der Waals surface area contributed by atoms with Gasteiger partial charge in [0.1, 0.15) is 5.78 Å². The molecule has 0 heterocycles. The molecule has 1 fully saturated rings.